The molecule has 1 aromatic heterocycles. The van der Waals surface area contributed by atoms with Crippen LogP contribution in [0.1, 0.15) is 25.3 Å². The third-order valence-electron chi connectivity index (χ3n) is 2.17. The zero-order chi connectivity index (χ0) is 10.2. The van der Waals surface area contributed by atoms with Crippen molar-refractivity contribution in [1.82, 2.24) is 10.3 Å². The number of rotatable bonds is 5. The van der Waals surface area contributed by atoms with Crippen LogP contribution in [0.4, 0.5) is 0 Å². The molecule has 0 saturated heterocycles. The van der Waals surface area contributed by atoms with Crippen molar-refractivity contribution in [3.63, 3.8) is 0 Å². The van der Waals surface area contributed by atoms with E-state index in [4.69, 9.17) is 6.42 Å². The van der Waals surface area contributed by atoms with E-state index in [2.05, 4.69) is 29.2 Å². The van der Waals surface area contributed by atoms with Gasteiger partial charge in [0.2, 0.25) is 0 Å². The van der Waals surface area contributed by atoms with E-state index in [0.717, 1.165) is 19.4 Å². The molecule has 0 aromatic carbocycles. The zero-order valence-electron chi connectivity index (χ0n) is 8.53. The molecule has 0 aliphatic rings. The largest absolute Gasteiger partial charge is 0.309 e. The Bertz CT molecular complexity index is 287. The summed E-state index contributed by atoms with van der Waals surface area (Å²) in [6, 6.07) is 4.42. The predicted molar refractivity (Wildman–Crippen MR) is 58.6 cm³/mol. The van der Waals surface area contributed by atoms with Gasteiger partial charge >= 0.3 is 0 Å². The fraction of sp³-hybridized carbons (Fsp3) is 0.417. The van der Waals surface area contributed by atoms with Gasteiger partial charge in [-0.15, -0.1) is 12.3 Å². The minimum absolute atomic E-state index is 0.417. The highest BCUT2D eigenvalue weighted by molar-refractivity contribution is 5.08. The van der Waals surface area contributed by atoms with Crippen LogP contribution in [0.5, 0.6) is 0 Å². The van der Waals surface area contributed by atoms with E-state index in [-0.39, 0.29) is 0 Å². The molecule has 2 heteroatoms. The Morgan fingerprint density at radius 2 is 2.50 bits per heavy atom. The molecule has 1 atom stereocenters. The average molecular weight is 188 g/mol. The molecule has 1 heterocycles. The Balaban J connectivity index is 2.36. The lowest BCUT2D eigenvalue weighted by atomic mass is 10.1. The maximum absolute atomic E-state index is 5.27. The van der Waals surface area contributed by atoms with E-state index >= 15 is 0 Å². The third-order valence-corrected chi connectivity index (χ3v) is 2.17. The molecule has 2 nitrogen and oxygen atoms in total. The summed E-state index contributed by atoms with van der Waals surface area (Å²) in [4.78, 5) is 4.05. The van der Waals surface area contributed by atoms with Crippen molar-refractivity contribution in [3.8, 4) is 12.3 Å². The number of hydrogen-bond acceptors (Lipinski definition) is 2. The first kappa shape index (κ1) is 10.7. The summed E-state index contributed by atoms with van der Waals surface area (Å²) in [5.74, 6) is 2.68. The first-order valence-corrected chi connectivity index (χ1v) is 4.92. The molecule has 74 valence electrons. The number of terminal acetylenes is 1. The number of hydrogen-bond donors (Lipinski definition) is 1. The molecule has 1 aromatic rings. The zero-order valence-corrected chi connectivity index (χ0v) is 8.53. The second-order valence-corrected chi connectivity index (χ2v) is 3.26. The van der Waals surface area contributed by atoms with Crippen molar-refractivity contribution in [1.29, 1.82) is 0 Å². The standard InChI is InChI=1S/C12H16N2/c1-3-6-12(4-2)14-10-11-7-5-8-13-9-11/h1,5,7-9,12,14H,4,6,10H2,2H3. The lowest BCUT2D eigenvalue weighted by Gasteiger charge is -2.13. The van der Waals surface area contributed by atoms with Crippen LogP contribution in [-0.4, -0.2) is 11.0 Å². The van der Waals surface area contributed by atoms with E-state index < -0.39 is 0 Å². The lowest BCUT2D eigenvalue weighted by Crippen LogP contribution is -2.27. The van der Waals surface area contributed by atoms with Crippen LogP contribution >= 0.6 is 0 Å². The number of nitrogens with one attached hydrogen (secondary N) is 1. The van der Waals surface area contributed by atoms with Gasteiger partial charge in [0.1, 0.15) is 0 Å². The van der Waals surface area contributed by atoms with Crippen LogP contribution in [0, 0.1) is 12.3 Å². The summed E-state index contributed by atoms with van der Waals surface area (Å²) in [6.45, 7) is 2.98. The van der Waals surface area contributed by atoms with E-state index in [1.165, 1.54) is 5.56 Å². The lowest BCUT2D eigenvalue weighted by molar-refractivity contribution is 0.506. The van der Waals surface area contributed by atoms with E-state index in [1.807, 2.05) is 12.3 Å². The van der Waals surface area contributed by atoms with Crippen LogP contribution in [0.2, 0.25) is 0 Å². The van der Waals surface area contributed by atoms with Gasteiger partial charge in [-0.25, -0.2) is 0 Å². The predicted octanol–water partition coefficient (Wildman–Crippen LogP) is 1.97. The molecular weight excluding hydrogens is 172 g/mol. The molecule has 1 rings (SSSR count). The van der Waals surface area contributed by atoms with Crippen LogP contribution < -0.4 is 5.32 Å². The summed E-state index contributed by atoms with van der Waals surface area (Å²) in [5, 5.41) is 3.40. The van der Waals surface area contributed by atoms with Crippen LogP contribution in [-0.2, 0) is 6.54 Å². The molecule has 0 fully saturated rings. The van der Waals surface area contributed by atoms with Gasteiger partial charge in [0, 0.05) is 31.4 Å². The van der Waals surface area contributed by atoms with Crippen molar-refractivity contribution >= 4 is 0 Å². The normalized spacial score (nSPS) is 12.0. The van der Waals surface area contributed by atoms with E-state index in [1.54, 1.807) is 6.20 Å². The molecule has 1 N–H and O–H groups in total. The highest BCUT2D eigenvalue weighted by Gasteiger charge is 2.02. The maximum atomic E-state index is 5.27. The van der Waals surface area contributed by atoms with Gasteiger partial charge in [-0.1, -0.05) is 13.0 Å². The van der Waals surface area contributed by atoms with Crippen molar-refractivity contribution in [2.45, 2.75) is 32.4 Å². The minimum Gasteiger partial charge on any atom is -0.309 e. The van der Waals surface area contributed by atoms with Crippen molar-refractivity contribution < 1.29 is 0 Å². The smallest absolute Gasteiger partial charge is 0.0312 e. The molecule has 0 bridgehead atoms. The van der Waals surface area contributed by atoms with Crippen molar-refractivity contribution in [3.05, 3.63) is 30.1 Å². The van der Waals surface area contributed by atoms with Gasteiger partial charge in [-0.2, -0.15) is 0 Å². The van der Waals surface area contributed by atoms with Crippen LogP contribution in [0.25, 0.3) is 0 Å². The Morgan fingerprint density at radius 3 is 3.07 bits per heavy atom. The summed E-state index contributed by atoms with van der Waals surface area (Å²) >= 11 is 0. The molecular formula is C12H16N2. The van der Waals surface area contributed by atoms with Gasteiger partial charge in [-0.05, 0) is 18.1 Å². The van der Waals surface area contributed by atoms with Crippen molar-refractivity contribution in [2.24, 2.45) is 0 Å². The second-order valence-electron chi connectivity index (χ2n) is 3.26. The third kappa shape index (κ3) is 3.59. The van der Waals surface area contributed by atoms with Crippen LogP contribution in [0.3, 0.4) is 0 Å². The first-order valence-electron chi connectivity index (χ1n) is 4.92. The van der Waals surface area contributed by atoms with Gasteiger partial charge < -0.3 is 5.32 Å². The Morgan fingerprint density at radius 1 is 1.64 bits per heavy atom. The molecule has 0 aliphatic heterocycles. The summed E-state index contributed by atoms with van der Waals surface area (Å²) in [5.41, 5.74) is 1.20. The Labute approximate surface area is 85.8 Å². The highest BCUT2D eigenvalue weighted by Crippen LogP contribution is 2.00. The van der Waals surface area contributed by atoms with E-state index in [9.17, 15) is 0 Å². The first-order chi connectivity index (χ1) is 6.86. The summed E-state index contributed by atoms with van der Waals surface area (Å²) in [7, 11) is 0. The fourth-order valence-corrected chi connectivity index (χ4v) is 1.27. The summed E-state index contributed by atoms with van der Waals surface area (Å²) in [6.07, 6.45) is 10.8. The van der Waals surface area contributed by atoms with Gasteiger partial charge in [0.15, 0.2) is 0 Å². The molecule has 0 radical (unpaired) electrons. The Hall–Kier alpha value is -1.33. The SMILES string of the molecule is C#CCC(CC)NCc1cccnc1. The van der Waals surface area contributed by atoms with Crippen molar-refractivity contribution in [2.75, 3.05) is 0 Å². The number of aromatic nitrogens is 1. The molecule has 0 saturated carbocycles. The molecule has 0 aliphatic carbocycles. The van der Waals surface area contributed by atoms with Gasteiger partial charge in [0.05, 0.1) is 0 Å². The second kappa shape index (κ2) is 6.17. The quantitative estimate of drug-likeness (QED) is 0.715. The molecule has 0 amide bonds. The number of pyridine rings is 1. The number of nitrogens with zero attached hydrogens (tertiary/aromatic N) is 1. The summed E-state index contributed by atoms with van der Waals surface area (Å²) < 4.78 is 0. The highest BCUT2D eigenvalue weighted by atomic mass is 14.9. The van der Waals surface area contributed by atoms with Gasteiger partial charge in [0.25, 0.3) is 0 Å². The monoisotopic (exact) mass is 188 g/mol. The maximum Gasteiger partial charge on any atom is 0.0312 e. The molecule has 1 unspecified atom stereocenters. The van der Waals surface area contributed by atoms with Crippen LogP contribution in [0.15, 0.2) is 24.5 Å². The average Bonchev–Trinajstić information content (AvgIpc) is 2.25. The molecule has 14 heavy (non-hydrogen) atoms. The van der Waals surface area contributed by atoms with Gasteiger partial charge in [-0.3, -0.25) is 4.98 Å². The topological polar surface area (TPSA) is 24.9 Å². The minimum atomic E-state index is 0.417. The molecule has 0 spiro atoms. The van der Waals surface area contributed by atoms with E-state index in [0.29, 0.717) is 6.04 Å². The fourth-order valence-electron chi connectivity index (χ4n) is 1.27. The Kier molecular flexibility index (Phi) is 4.74.